The lowest BCUT2D eigenvalue weighted by molar-refractivity contribution is -0.116. The van der Waals surface area contributed by atoms with Gasteiger partial charge >= 0.3 is 0 Å². The van der Waals surface area contributed by atoms with Gasteiger partial charge in [-0.3, -0.25) is 4.79 Å². The van der Waals surface area contributed by atoms with Crippen LogP contribution < -0.4 is 5.32 Å². The Kier molecular flexibility index (Phi) is 3.62. The molecule has 1 unspecified atom stereocenters. The molecule has 0 bridgehead atoms. The number of amides is 1. The average Bonchev–Trinajstić information content (AvgIpc) is 2.65. The molecule has 6 nitrogen and oxygen atoms in total. The molecule has 2 N–H and O–H groups in total. The highest BCUT2D eigenvalue weighted by molar-refractivity contribution is 7.89. The van der Waals surface area contributed by atoms with Crippen molar-refractivity contribution in [1.82, 2.24) is 4.31 Å². The van der Waals surface area contributed by atoms with Gasteiger partial charge < -0.3 is 10.4 Å². The molecule has 1 aromatic carbocycles. The number of aliphatic hydroxyl groups excluding tert-OH is 1. The Morgan fingerprint density at radius 1 is 1.42 bits per heavy atom. The van der Waals surface area contributed by atoms with Gasteiger partial charge in [0.25, 0.3) is 0 Å². The lowest BCUT2D eigenvalue weighted by atomic mass is 10.0. The van der Waals surface area contributed by atoms with E-state index in [9.17, 15) is 13.2 Å². The van der Waals surface area contributed by atoms with Crippen LogP contribution in [-0.2, 0) is 14.8 Å². The fourth-order valence-corrected chi connectivity index (χ4v) is 3.19. The second-order valence-electron chi connectivity index (χ2n) is 4.51. The molecular formula is C12H16N2O4S. The summed E-state index contributed by atoms with van der Waals surface area (Å²) in [7, 11) is -2.22. The molecule has 104 valence electrons. The molecular weight excluding hydrogens is 268 g/mol. The molecule has 1 heterocycles. The molecule has 1 aromatic rings. The normalized spacial score (nSPS) is 18.5. The van der Waals surface area contributed by atoms with Crippen LogP contribution in [-0.4, -0.2) is 43.9 Å². The fourth-order valence-electron chi connectivity index (χ4n) is 2.00. The quantitative estimate of drug-likeness (QED) is 0.835. The first kappa shape index (κ1) is 14.0. The van der Waals surface area contributed by atoms with Crippen LogP contribution in [0, 0.1) is 0 Å². The van der Waals surface area contributed by atoms with Gasteiger partial charge in [0.05, 0.1) is 17.4 Å². The van der Waals surface area contributed by atoms with Gasteiger partial charge in [0.2, 0.25) is 15.9 Å². The van der Waals surface area contributed by atoms with Crippen LogP contribution in [0.4, 0.5) is 5.69 Å². The Morgan fingerprint density at radius 2 is 2.11 bits per heavy atom. The maximum absolute atomic E-state index is 12.2. The van der Waals surface area contributed by atoms with E-state index in [1.807, 2.05) is 0 Å². The summed E-state index contributed by atoms with van der Waals surface area (Å²) < 4.78 is 25.5. The summed E-state index contributed by atoms with van der Waals surface area (Å²) in [6.45, 7) is 1.53. The van der Waals surface area contributed by atoms with E-state index in [0.29, 0.717) is 11.3 Å². The number of sulfonamides is 1. The number of aliphatic hydroxyl groups is 1. The van der Waals surface area contributed by atoms with Crippen molar-refractivity contribution in [3.63, 3.8) is 0 Å². The van der Waals surface area contributed by atoms with Crippen molar-refractivity contribution >= 4 is 21.6 Å². The minimum atomic E-state index is -3.63. The number of carbonyl (C=O) groups is 1. The lowest BCUT2D eigenvalue weighted by Gasteiger charge is -2.16. The smallest absolute Gasteiger partial charge is 0.242 e. The van der Waals surface area contributed by atoms with E-state index in [1.165, 1.54) is 19.2 Å². The van der Waals surface area contributed by atoms with Gasteiger partial charge in [-0.25, -0.2) is 8.42 Å². The Morgan fingerprint density at radius 3 is 2.74 bits per heavy atom. The molecule has 7 heteroatoms. The van der Waals surface area contributed by atoms with Gasteiger partial charge in [-0.15, -0.1) is 0 Å². The Bertz CT molecular complexity index is 612. The summed E-state index contributed by atoms with van der Waals surface area (Å²) in [6, 6.07) is 4.57. The van der Waals surface area contributed by atoms with Crippen molar-refractivity contribution in [3.8, 4) is 0 Å². The second kappa shape index (κ2) is 4.92. The third-order valence-electron chi connectivity index (χ3n) is 3.26. The molecule has 1 aliphatic heterocycles. The molecule has 0 aliphatic carbocycles. The third-order valence-corrected chi connectivity index (χ3v) is 5.12. The molecule has 1 aliphatic rings. The van der Waals surface area contributed by atoms with Crippen LogP contribution in [0.5, 0.6) is 0 Å². The minimum Gasteiger partial charge on any atom is -0.395 e. The van der Waals surface area contributed by atoms with Crippen molar-refractivity contribution in [2.24, 2.45) is 0 Å². The Labute approximate surface area is 112 Å². The highest BCUT2D eigenvalue weighted by Gasteiger charge is 2.29. The number of likely N-dealkylation sites (N-methyl/N-ethyl adjacent to an activating group) is 1. The van der Waals surface area contributed by atoms with E-state index in [1.54, 1.807) is 13.0 Å². The van der Waals surface area contributed by atoms with Gasteiger partial charge in [-0.1, -0.05) is 0 Å². The van der Waals surface area contributed by atoms with Crippen molar-refractivity contribution < 1.29 is 18.3 Å². The van der Waals surface area contributed by atoms with Crippen molar-refractivity contribution in [1.29, 1.82) is 0 Å². The summed E-state index contributed by atoms with van der Waals surface area (Å²) in [5, 5.41) is 11.5. The molecule has 0 radical (unpaired) electrons. The number of nitrogens with one attached hydrogen (secondary N) is 1. The van der Waals surface area contributed by atoms with E-state index in [4.69, 9.17) is 5.11 Å². The summed E-state index contributed by atoms with van der Waals surface area (Å²) in [5.41, 5.74) is 1.34. The lowest BCUT2D eigenvalue weighted by Crippen LogP contribution is -2.29. The van der Waals surface area contributed by atoms with E-state index < -0.39 is 10.0 Å². The minimum absolute atomic E-state index is 0.0339. The van der Waals surface area contributed by atoms with E-state index in [-0.39, 0.29) is 29.9 Å². The van der Waals surface area contributed by atoms with E-state index in [0.717, 1.165) is 4.31 Å². The van der Waals surface area contributed by atoms with E-state index in [2.05, 4.69) is 5.32 Å². The molecule has 1 atom stereocenters. The van der Waals surface area contributed by atoms with Crippen molar-refractivity contribution in [3.05, 3.63) is 23.8 Å². The topological polar surface area (TPSA) is 86.7 Å². The number of benzene rings is 1. The van der Waals surface area contributed by atoms with Crippen molar-refractivity contribution in [2.45, 2.75) is 17.7 Å². The number of anilines is 1. The van der Waals surface area contributed by atoms with Crippen LogP contribution in [0.15, 0.2) is 23.1 Å². The number of fused-ring (bicyclic) bond motifs is 1. The first-order valence-corrected chi connectivity index (χ1v) is 7.34. The first-order valence-electron chi connectivity index (χ1n) is 5.90. The maximum Gasteiger partial charge on any atom is 0.242 e. The van der Waals surface area contributed by atoms with Gasteiger partial charge in [-0.05, 0) is 30.7 Å². The molecule has 19 heavy (non-hydrogen) atoms. The summed E-state index contributed by atoms with van der Waals surface area (Å²) >= 11 is 0. The Balaban J connectivity index is 2.41. The highest BCUT2D eigenvalue weighted by atomic mass is 32.2. The van der Waals surface area contributed by atoms with Gasteiger partial charge in [0.1, 0.15) is 0 Å². The molecule has 0 spiro atoms. The molecule has 0 saturated heterocycles. The number of hydrogen-bond acceptors (Lipinski definition) is 4. The van der Waals surface area contributed by atoms with Crippen LogP contribution in [0.2, 0.25) is 0 Å². The van der Waals surface area contributed by atoms with Gasteiger partial charge in [0.15, 0.2) is 0 Å². The van der Waals surface area contributed by atoms with Crippen LogP contribution in [0.25, 0.3) is 0 Å². The van der Waals surface area contributed by atoms with E-state index >= 15 is 0 Å². The number of nitrogens with zero attached hydrogens (tertiary/aromatic N) is 1. The zero-order valence-electron chi connectivity index (χ0n) is 10.8. The fraction of sp³-hybridized carbons (Fsp3) is 0.417. The van der Waals surface area contributed by atoms with Gasteiger partial charge in [0, 0.05) is 19.3 Å². The van der Waals surface area contributed by atoms with Crippen LogP contribution in [0.1, 0.15) is 18.4 Å². The maximum atomic E-state index is 12.2. The number of carbonyl (C=O) groups excluding carboxylic acids is 1. The molecule has 0 saturated carbocycles. The predicted molar refractivity (Wildman–Crippen MR) is 70.4 cm³/mol. The molecule has 1 amide bonds. The second-order valence-corrected chi connectivity index (χ2v) is 6.56. The van der Waals surface area contributed by atoms with Crippen LogP contribution in [0.3, 0.4) is 0 Å². The Hall–Kier alpha value is -1.44. The van der Waals surface area contributed by atoms with Crippen molar-refractivity contribution in [2.75, 3.05) is 25.5 Å². The molecule has 0 fully saturated rings. The number of hydrogen-bond donors (Lipinski definition) is 2. The largest absolute Gasteiger partial charge is 0.395 e. The SMILES string of the molecule is CC1C(=O)Nc2ccc(S(=O)(=O)N(C)CCO)cc21. The summed E-state index contributed by atoms with van der Waals surface area (Å²) in [6.07, 6.45) is 0. The zero-order chi connectivity index (χ0) is 14.2. The number of rotatable bonds is 4. The average molecular weight is 284 g/mol. The first-order chi connectivity index (χ1) is 8.87. The summed E-state index contributed by atoms with van der Waals surface area (Å²) in [5.74, 6) is -0.485. The monoisotopic (exact) mass is 284 g/mol. The molecule has 0 aromatic heterocycles. The zero-order valence-corrected chi connectivity index (χ0v) is 11.6. The molecule has 2 rings (SSSR count). The standard InChI is InChI=1S/C12H16N2O4S/c1-8-10-7-9(3-4-11(10)13-12(8)16)19(17,18)14(2)5-6-15/h3-4,7-8,15H,5-6H2,1-2H3,(H,13,16). The van der Waals surface area contributed by atoms with Gasteiger partial charge in [-0.2, -0.15) is 4.31 Å². The highest BCUT2D eigenvalue weighted by Crippen LogP contribution is 2.34. The third kappa shape index (κ3) is 2.36. The summed E-state index contributed by atoms with van der Waals surface area (Å²) in [4.78, 5) is 11.7. The predicted octanol–water partition coefficient (Wildman–Crippen LogP) is 0.355. The van der Waals surface area contributed by atoms with Crippen LogP contribution >= 0.6 is 0 Å².